The van der Waals surface area contributed by atoms with E-state index in [1.807, 2.05) is 11.0 Å². The summed E-state index contributed by atoms with van der Waals surface area (Å²) in [4.78, 5) is 18.4. The minimum Gasteiger partial charge on any atom is -0.386 e. The number of aliphatic imine (C=N–C) groups is 1. The second-order valence-corrected chi connectivity index (χ2v) is 8.71. The second kappa shape index (κ2) is 7.66. The molecule has 0 radical (unpaired) electrons. The Labute approximate surface area is 181 Å². The maximum Gasteiger partial charge on any atom is 0.227 e. The van der Waals surface area contributed by atoms with Crippen molar-refractivity contribution in [3.05, 3.63) is 35.5 Å². The maximum absolute atomic E-state index is 11.6. The molecular formula is C20H23N7O3S. The van der Waals surface area contributed by atoms with Gasteiger partial charge in [-0.3, -0.25) is 4.99 Å². The average molecular weight is 442 g/mol. The van der Waals surface area contributed by atoms with Crippen molar-refractivity contribution in [2.45, 2.75) is 16.7 Å². The summed E-state index contributed by atoms with van der Waals surface area (Å²) in [6, 6.07) is 6.98. The van der Waals surface area contributed by atoms with Crippen molar-refractivity contribution in [1.29, 1.82) is 5.41 Å². The molecule has 3 aliphatic heterocycles. The van der Waals surface area contributed by atoms with Gasteiger partial charge in [0.15, 0.2) is 11.1 Å². The molecule has 4 N–H and O–H groups in total. The van der Waals surface area contributed by atoms with E-state index in [1.54, 1.807) is 18.2 Å². The minimum atomic E-state index is -2.07. The number of fused-ring (bicyclic) bond motifs is 1. The number of aromatic nitrogens is 2. The number of benzene rings is 1. The summed E-state index contributed by atoms with van der Waals surface area (Å²) in [5.74, 6) is 1.72. The number of hydrogen-bond donors (Lipinski definition) is 3. The van der Waals surface area contributed by atoms with E-state index in [0.29, 0.717) is 62.5 Å². The molecule has 2 unspecified atom stereocenters. The molecule has 2 atom stereocenters. The Bertz CT molecular complexity index is 1100. The zero-order valence-corrected chi connectivity index (χ0v) is 17.6. The van der Waals surface area contributed by atoms with E-state index in [2.05, 4.69) is 9.89 Å². The molecule has 3 aliphatic rings. The third-order valence-electron chi connectivity index (χ3n) is 6.06. The van der Waals surface area contributed by atoms with Crippen LogP contribution >= 0.6 is 0 Å². The van der Waals surface area contributed by atoms with Gasteiger partial charge in [-0.2, -0.15) is 4.98 Å². The highest BCUT2D eigenvalue weighted by Gasteiger charge is 2.46. The van der Waals surface area contributed by atoms with E-state index >= 15 is 0 Å². The van der Waals surface area contributed by atoms with Gasteiger partial charge in [0.05, 0.1) is 30.3 Å². The Kier molecular flexibility index (Phi) is 4.95. The first-order valence-corrected chi connectivity index (χ1v) is 11.2. The predicted octanol–water partition coefficient (Wildman–Crippen LogP) is 0.846. The molecule has 1 aromatic carbocycles. The molecule has 1 fully saturated rings. The van der Waals surface area contributed by atoms with E-state index in [9.17, 15) is 8.76 Å². The van der Waals surface area contributed by atoms with Crippen LogP contribution in [-0.2, 0) is 27.7 Å². The van der Waals surface area contributed by atoms with Crippen LogP contribution < -0.4 is 15.5 Å². The average Bonchev–Trinajstić information content (AvgIpc) is 3.23. The molecule has 1 aromatic heterocycles. The SMILES string of the molecule is N=CC1(c2nc(N3CCOCC3)nc3c2CCN3c2cccc(S(=O)O)c2)CN=C1N. The largest absolute Gasteiger partial charge is 0.386 e. The fraction of sp³-hybridized carbons (Fsp3) is 0.400. The fourth-order valence-corrected chi connectivity index (χ4v) is 4.67. The lowest BCUT2D eigenvalue weighted by atomic mass is 9.77. The standard InChI is InChI=1S/C20H23N7O3S/c21-11-20(12-23-18(20)22)16-15-4-5-27(13-2-1-3-14(10-13)31(28)29)17(15)25-19(24-16)26-6-8-30-9-7-26/h1-3,10-11,21H,4-9,12H2,(H2,22,23)(H,28,29). The van der Waals surface area contributed by atoms with Crippen LogP contribution in [0.2, 0.25) is 0 Å². The predicted molar refractivity (Wildman–Crippen MR) is 118 cm³/mol. The molecule has 0 spiro atoms. The van der Waals surface area contributed by atoms with Gasteiger partial charge >= 0.3 is 0 Å². The number of nitrogens with one attached hydrogen (secondary N) is 1. The normalized spacial score (nSPS) is 23.7. The quantitative estimate of drug-likeness (QED) is 0.458. The molecule has 4 heterocycles. The van der Waals surface area contributed by atoms with E-state index in [0.717, 1.165) is 22.8 Å². The molecule has 0 amide bonds. The Hall–Kier alpha value is -2.89. The summed E-state index contributed by atoms with van der Waals surface area (Å²) in [5, 5.41) is 8.09. The first-order chi connectivity index (χ1) is 15.0. The zero-order valence-electron chi connectivity index (χ0n) is 16.8. The van der Waals surface area contributed by atoms with Crippen LogP contribution in [0.4, 0.5) is 17.5 Å². The van der Waals surface area contributed by atoms with Crippen LogP contribution in [0.15, 0.2) is 34.2 Å². The fourth-order valence-electron chi connectivity index (χ4n) is 4.25. The highest BCUT2D eigenvalue weighted by Crippen LogP contribution is 2.41. The van der Waals surface area contributed by atoms with Crippen LogP contribution in [0.1, 0.15) is 11.3 Å². The Morgan fingerprint density at radius 3 is 2.71 bits per heavy atom. The molecule has 162 valence electrons. The molecule has 2 aromatic rings. The molecule has 0 bridgehead atoms. The molecule has 1 saturated heterocycles. The molecule has 0 saturated carbocycles. The van der Waals surface area contributed by atoms with Gasteiger partial charge in [0, 0.05) is 37.1 Å². The second-order valence-electron chi connectivity index (χ2n) is 7.74. The van der Waals surface area contributed by atoms with Crippen molar-refractivity contribution in [3.63, 3.8) is 0 Å². The summed E-state index contributed by atoms with van der Waals surface area (Å²) in [6.07, 6.45) is 2.02. The smallest absolute Gasteiger partial charge is 0.227 e. The number of hydrogen-bond acceptors (Lipinski definition) is 9. The van der Waals surface area contributed by atoms with Gasteiger partial charge in [-0.05, 0) is 24.6 Å². The summed E-state index contributed by atoms with van der Waals surface area (Å²) in [6.45, 7) is 3.60. The minimum absolute atomic E-state index is 0.333. The van der Waals surface area contributed by atoms with Crippen molar-refractivity contribution < 1.29 is 13.5 Å². The Morgan fingerprint density at radius 1 is 1.26 bits per heavy atom. The summed E-state index contributed by atoms with van der Waals surface area (Å²) < 4.78 is 26.6. The van der Waals surface area contributed by atoms with Crippen molar-refractivity contribution >= 4 is 40.6 Å². The number of ether oxygens (including phenoxy) is 1. The van der Waals surface area contributed by atoms with Crippen LogP contribution in [-0.4, -0.2) is 70.2 Å². The van der Waals surface area contributed by atoms with Gasteiger partial charge in [-0.15, -0.1) is 0 Å². The van der Waals surface area contributed by atoms with Crippen molar-refractivity contribution in [2.75, 3.05) is 49.2 Å². The van der Waals surface area contributed by atoms with Gasteiger partial charge < -0.3 is 30.2 Å². The number of amidine groups is 1. The van der Waals surface area contributed by atoms with Gasteiger partial charge in [0.2, 0.25) is 5.95 Å². The van der Waals surface area contributed by atoms with E-state index in [1.165, 1.54) is 6.21 Å². The Morgan fingerprint density at radius 2 is 2.06 bits per heavy atom. The summed E-state index contributed by atoms with van der Waals surface area (Å²) in [5.41, 5.74) is 7.80. The molecule has 5 rings (SSSR count). The Balaban J connectivity index is 1.65. The van der Waals surface area contributed by atoms with E-state index < -0.39 is 16.5 Å². The van der Waals surface area contributed by atoms with E-state index in [-0.39, 0.29) is 0 Å². The lowest BCUT2D eigenvalue weighted by Gasteiger charge is -2.36. The highest BCUT2D eigenvalue weighted by atomic mass is 32.2. The first-order valence-electron chi connectivity index (χ1n) is 10.1. The lowest BCUT2D eigenvalue weighted by Crippen LogP contribution is -2.53. The number of rotatable bonds is 5. The van der Waals surface area contributed by atoms with Crippen LogP contribution in [0.3, 0.4) is 0 Å². The summed E-state index contributed by atoms with van der Waals surface area (Å²) in [7, 11) is 0. The van der Waals surface area contributed by atoms with Crippen molar-refractivity contribution in [2.24, 2.45) is 10.7 Å². The molecule has 31 heavy (non-hydrogen) atoms. The molecular weight excluding hydrogens is 418 g/mol. The third-order valence-corrected chi connectivity index (χ3v) is 6.72. The zero-order chi connectivity index (χ0) is 21.6. The van der Waals surface area contributed by atoms with Crippen LogP contribution in [0.5, 0.6) is 0 Å². The number of morpholine rings is 1. The van der Waals surface area contributed by atoms with Gasteiger partial charge in [0.25, 0.3) is 0 Å². The maximum atomic E-state index is 11.6. The van der Waals surface area contributed by atoms with Gasteiger partial charge in [-0.1, -0.05) is 6.07 Å². The summed E-state index contributed by atoms with van der Waals surface area (Å²) >= 11 is -2.07. The van der Waals surface area contributed by atoms with Gasteiger partial charge in [0.1, 0.15) is 17.1 Å². The topological polar surface area (TPSA) is 141 Å². The van der Waals surface area contributed by atoms with E-state index in [4.69, 9.17) is 25.8 Å². The lowest BCUT2D eigenvalue weighted by molar-refractivity contribution is 0.122. The molecule has 0 aliphatic carbocycles. The van der Waals surface area contributed by atoms with Crippen LogP contribution in [0.25, 0.3) is 0 Å². The van der Waals surface area contributed by atoms with Crippen molar-refractivity contribution in [1.82, 2.24) is 9.97 Å². The monoisotopic (exact) mass is 441 g/mol. The van der Waals surface area contributed by atoms with Crippen molar-refractivity contribution in [3.8, 4) is 0 Å². The third kappa shape index (κ3) is 3.20. The van der Waals surface area contributed by atoms with Gasteiger partial charge in [-0.25, -0.2) is 9.19 Å². The highest BCUT2D eigenvalue weighted by molar-refractivity contribution is 7.79. The van der Waals surface area contributed by atoms with Crippen LogP contribution in [0, 0.1) is 5.41 Å². The number of anilines is 3. The first kappa shape index (κ1) is 20.0. The number of nitrogens with zero attached hydrogens (tertiary/aromatic N) is 5. The molecule has 10 nitrogen and oxygen atoms in total. The number of nitrogens with two attached hydrogens (primary N) is 1. The molecule has 11 heteroatoms.